The van der Waals surface area contributed by atoms with E-state index in [1.807, 2.05) is 0 Å². The van der Waals surface area contributed by atoms with Crippen LogP contribution >= 0.6 is 0 Å². The molecule has 4 heteroatoms. The van der Waals surface area contributed by atoms with Crippen molar-refractivity contribution in [3.63, 3.8) is 0 Å². The Labute approximate surface area is 105 Å². The molecule has 4 nitrogen and oxygen atoms in total. The van der Waals surface area contributed by atoms with E-state index in [-0.39, 0.29) is 0 Å². The van der Waals surface area contributed by atoms with E-state index in [4.69, 9.17) is 10.2 Å². The summed E-state index contributed by atoms with van der Waals surface area (Å²) in [7, 11) is 0. The minimum absolute atomic E-state index is 0.393. The van der Waals surface area contributed by atoms with Gasteiger partial charge in [-0.1, -0.05) is 11.8 Å². The van der Waals surface area contributed by atoms with Crippen molar-refractivity contribution in [2.45, 2.75) is 26.7 Å². The molecule has 0 bridgehead atoms. The van der Waals surface area contributed by atoms with Crippen LogP contribution < -0.4 is 0 Å². The summed E-state index contributed by atoms with van der Waals surface area (Å²) in [4.78, 5) is 21.5. The molecule has 2 aliphatic carbocycles. The normalized spacial score (nSPS) is 39.7. The van der Waals surface area contributed by atoms with Crippen molar-refractivity contribution >= 4 is 11.9 Å². The summed E-state index contributed by atoms with van der Waals surface area (Å²) in [5.74, 6) is 8.61. The molecular formula is C14H14O4. The van der Waals surface area contributed by atoms with Gasteiger partial charge in [-0.2, -0.15) is 0 Å². The first-order valence-corrected chi connectivity index (χ1v) is 5.78. The molecule has 0 saturated heterocycles. The smallest absolute Gasteiger partial charge is 0.308 e. The predicted molar refractivity (Wildman–Crippen MR) is 63.3 cm³/mol. The van der Waals surface area contributed by atoms with Crippen LogP contribution in [0.25, 0.3) is 0 Å². The van der Waals surface area contributed by atoms with Crippen LogP contribution in [0.4, 0.5) is 0 Å². The maximum absolute atomic E-state index is 10.7. The molecule has 4 unspecified atom stereocenters. The van der Waals surface area contributed by atoms with Gasteiger partial charge < -0.3 is 10.2 Å². The number of carboxylic acids is 2. The Bertz CT molecular complexity index is 492. The van der Waals surface area contributed by atoms with E-state index in [2.05, 4.69) is 23.7 Å². The maximum atomic E-state index is 10.7. The van der Waals surface area contributed by atoms with Gasteiger partial charge in [-0.05, 0) is 38.5 Å². The number of carbonyl (C=O) groups is 2. The quantitative estimate of drug-likeness (QED) is 0.718. The second-order valence-electron chi connectivity index (χ2n) is 5.52. The first-order chi connectivity index (χ1) is 8.28. The molecule has 2 aliphatic rings. The van der Waals surface area contributed by atoms with E-state index in [1.54, 1.807) is 13.8 Å². The summed E-state index contributed by atoms with van der Waals surface area (Å²) in [5, 5.41) is 17.6. The van der Waals surface area contributed by atoms with Crippen LogP contribution in [0, 0.1) is 46.3 Å². The lowest BCUT2D eigenvalue weighted by molar-refractivity contribution is -0.140. The van der Waals surface area contributed by atoms with Crippen molar-refractivity contribution in [3.05, 3.63) is 0 Å². The monoisotopic (exact) mass is 246 g/mol. The Balaban J connectivity index is 1.96. The minimum atomic E-state index is -0.820. The fourth-order valence-electron chi connectivity index (χ4n) is 2.07. The Hall–Kier alpha value is -1.94. The fraction of sp³-hybridized carbons (Fsp3) is 0.571. The van der Waals surface area contributed by atoms with E-state index in [0.29, 0.717) is 12.8 Å². The van der Waals surface area contributed by atoms with Gasteiger partial charge in [-0.3, -0.25) is 9.59 Å². The van der Waals surface area contributed by atoms with Gasteiger partial charge in [-0.25, -0.2) is 0 Å². The molecule has 2 rings (SSSR count). The van der Waals surface area contributed by atoms with Gasteiger partial charge >= 0.3 is 11.9 Å². The molecule has 0 amide bonds. The number of carboxylic acid groups (broad SMARTS) is 2. The Morgan fingerprint density at radius 1 is 0.944 bits per heavy atom. The van der Waals surface area contributed by atoms with Gasteiger partial charge in [-0.15, -0.1) is 0 Å². The van der Waals surface area contributed by atoms with Gasteiger partial charge in [0.15, 0.2) is 0 Å². The van der Waals surface area contributed by atoms with Crippen LogP contribution in [0.5, 0.6) is 0 Å². The molecular weight excluding hydrogens is 232 g/mol. The van der Waals surface area contributed by atoms with Gasteiger partial charge in [0.05, 0.1) is 11.8 Å². The first kappa shape index (κ1) is 12.5. The molecule has 0 aliphatic heterocycles. The number of aliphatic carboxylic acids is 2. The lowest BCUT2D eigenvalue weighted by atomic mass is 10.1. The summed E-state index contributed by atoms with van der Waals surface area (Å²) >= 11 is 0. The minimum Gasteiger partial charge on any atom is -0.481 e. The molecule has 2 saturated carbocycles. The van der Waals surface area contributed by atoms with E-state index < -0.39 is 34.6 Å². The number of hydrogen-bond donors (Lipinski definition) is 2. The Morgan fingerprint density at radius 2 is 1.28 bits per heavy atom. The Morgan fingerprint density at radius 3 is 1.50 bits per heavy atom. The lowest BCUT2D eigenvalue weighted by Crippen LogP contribution is -2.05. The molecule has 0 aromatic rings. The van der Waals surface area contributed by atoms with Crippen molar-refractivity contribution in [1.82, 2.24) is 0 Å². The average Bonchev–Trinajstić information content (AvgIpc) is 3.11. The van der Waals surface area contributed by atoms with E-state index in [1.165, 1.54) is 0 Å². The SMILES string of the molecule is CC1(C#CC#CC2(C)CC2C(=O)O)CC1C(=O)O. The van der Waals surface area contributed by atoms with Gasteiger partial charge in [0.2, 0.25) is 0 Å². The molecule has 2 N–H and O–H groups in total. The topological polar surface area (TPSA) is 74.6 Å². The Kier molecular flexibility index (Phi) is 2.63. The van der Waals surface area contributed by atoms with Crippen LogP contribution in [-0.2, 0) is 9.59 Å². The zero-order chi connectivity index (χ0) is 13.6. The molecule has 2 fully saturated rings. The van der Waals surface area contributed by atoms with Crippen molar-refractivity contribution < 1.29 is 19.8 Å². The van der Waals surface area contributed by atoms with Crippen LogP contribution in [0.1, 0.15) is 26.7 Å². The van der Waals surface area contributed by atoms with Crippen molar-refractivity contribution in [2.24, 2.45) is 22.7 Å². The zero-order valence-corrected chi connectivity index (χ0v) is 10.3. The van der Waals surface area contributed by atoms with E-state index in [0.717, 1.165) is 0 Å². The number of rotatable bonds is 2. The van der Waals surface area contributed by atoms with Crippen LogP contribution in [0.15, 0.2) is 0 Å². The third-order valence-electron chi connectivity index (χ3n) is 3.83. The average molecular weight is 246 g/mol. The second kappa shape index (κ2) is 3.78. The van der Waals surface area contributed by atoms with Crippen molar-refractivity contribution in [3.8, 4) is 23.7 Å². The summed E-state index contributed by atoms with van der Waals surface area (Å²) in [5.41, 5.74) is -0.922. The third-order valence-corrected chi connectivity index (χ3v) is 3.83. The fourth-order valence-corrected chi connectivity index (χ4v) is 2.07. The van der Waals surface area contributed by atoms with Gasteiger partial charge in [0.1, 0.15) is 0 Å². The van der Waals surface area contributed by atoms with Crippen LogP contribution in [0.3, 0.4) is 0 Å². The van der Waals surface area contributed by atoms with Crippen LogP contribution in [-0.4, -0.2) is 22.2 Å². The highest BCUT2D eigenvalue weighted by atomic mass is 16.4. The van der Waals surface area contributed by atoms with Gasteiger partial charge in [0.25, 0.3) is 0 Å². The largest absolute Gasteiger partial charge is 0.481 e. The zero-order valence-electron chi connectivity index (χ0n) is 10.3. The summed E-state index contributed by atoms with van der Waals surface area (Å²) in [6.07, 6.45) is 1.12. The predicted octanol–water partition coefficient (Wildman–Crippen LogP) is 1.21. The van der Waals surface area contributed by atoms with Crippen molar-refractivity contribution in [2.75, 3.05) is 0 Å². The molecule has 0 aromatic heterocycles. The molecule has 18 heavy (non-hydrogen) atoms. The highest BCUT2D eigenvalue weighted by Gasteiger charge is 2.55. The standard InChI is InChI=1S/C14H14O4/c1-13(7-9(13)11(15)16)5-3-4-6-14(2)8-10(14)12(17)18/h9-10H,7-8H2,1-2H3,(H,15,16)(H,17,18). The lowest BCUT2D eigenvalue weighted by Gasteiger charge is -1.96. The van der Waals surface area contributed by atoms with E-state index in [9.17, 15) is 9.59 Å². The maximum Gasteiger partial charge on any atom is 0.308 e. The summed E-state index contributed by atoms with van der Waals surface area (Å²) < 4.78 is 0. The van der Waals surface area contributed by atoms with Gasteiger partial charge in [0, 0.05) is 10.8 Å². The molecule has 0 heterocycles. The van der Waals surface area contributed by atoms with E-state index >= 15 is 0 Å². The highest BCUT2D eigenvalue weighted by molar-refractivity contribution is 5.76. The van der Waals surface area contributed by atoms with Crippen molar-refractivity contribution in [1.29, 1.82) is 0 Å². The number of hydrogen-bond acceptors (Lipinski definition) is 2. The third kappa shape index (κ3) is 2.19. The molecule has 0 radical (unpaired) electrons. The summed E-state index contributed by atoms with van der Waals surface area (Å²) in [6, 6.07) is 0. The molecule has 4 atom stereocenters. The molecule has 0 spiro atoms. The van der Waals surface area contributed by atoms with Crippen LogP contribution in [0.2, 0.25) is 0 Å². The highest BCUT2D eigenvalue weighted by Crippen LogP contribution is 2.52. The molecule has 0 aromatic carbocycles. The first-order valence-electron chi connectivity index (χ1n) is 5.78. The second-order valence-corrected chi connectivity index (χ2v) is 5.52. The summed E-state index contributed by atoms with van der Waals surface area (Å²) in [6.45, 7) is 3.61. The molecule has 94 valence electrons.